The van der Waals surface area contributed by atoms with Gasteiger partial charge in [-0.2, -0.15) is 0 Å². The van der Waals surface area contributed by atoms with E-state index in [4.69, 9.17) is 4.74 Å². The Morgan fingerprint density at radius 1 is 1.64 bits per heavy atom. The molecular formula is C8H15IO2. The lowest BCUT2D eigenvalue weighted by molar-refractivity contribution is -0.146. The van der Waals surface area contributed by atoms with Crippen LogP contribution in [0, 0.1) is 0 Å². The summed E-state index contributed by atoms with van der Waals surface area (Å²) in [6, 6.07) is 0. The molecule has 0 aliphatic rings. The summed E-state index contributed by atoms with van der Waals surface area (Å²) in [6.07, 6.45) is 3.20. The minimum atomic E-state index is -0.162. The molecule has 0 aromatic rings. The summed E-state index contributed by atoms with van der Waals surface area (Å²) in [4.78, 5) is 10.6. The van der Waals surface area contributed by atoms with Gasteiger partial charge in [-0.3, -0.25) is 4.79 Å². The number of carbonyl (C=O) groups excluding carboxylic acids is 1. The lowest BCUT2D eigenvalue weighted by Gasteiger charge is -2.13. The van der Waals surface area contributed by atoms with Crippen molar-refractivity contribution < 1.29 is 9.53 Å². The van der Waals surface area contributed by atoms with Crippen LogP contribution < -0.4 is 0 Å². The first-order chi connectivity index (χ1) is 5.20. The molecule has 0 aliphatic carbocycles. The van der Waals surface area contributed by atoms with Gasteiger partial charge in [-0.1, -0.05) is 29.5 Å². The standard InChI is InChI=1S/C8H15IO2/c1-3-8(5-4-6-9)11-7(2)10/h8H,3-6H2,1-2H3. The Bertz CT molecular complexity index is 115. The molecule has 0 heterocycles. The first kappa shape index (κ1) is 11.2. The molecular weight excluding hydrogens is 255 g/mol. The van der Waals surface area contributed by atoms with Crippen molar-refractivity contribution in [3.05, 3.63) is 0 Å². The maximum Gasteiger partial charge on any atom is 0.302 e. The van der Waals surface area contributed by atoms with Gasteiger partial charge >= 0.3 is 5.97 Å². The van der Waals surface area contributed by atoms with E-state index in [1.807, 2.05) is 6.92 Å². The van der Waals surface area contributed by atoms with Crippen molar-refractivity contribution in [1.82, 2.24) is 0 Å². The highest BCUT2D eigenvalue weighted by Gasteiger charge is 2.07. The van der Waals surface area contributed by atoms with Crippen LogP contribution >= 0.6 is 22.6 Å². The van der Waals surface area contributed by atoms with Crippen LogP contribution in [0.2, 0.25) is 0 Å². The minimum Gasteiger partial charge on any atom is -0.463 e. The van der Waals surface area contributed by atoms with Crippen molar-refractivity contribution in [3.63, 3.8) is 0 Å². The number of rotatable bonds is 5. The molecule has 0 amide bonds. The molecule has 11 heavy (non-hydrogen) atoms. The van der Waals surface area contributed by atoms with E-state index in [-0.39, 0.29) is 12.1 Å². The number of alkyl halides is 1. The lowest BCUT2D eigenvalue weighted by Crippen LogP contribution is -2.15. The van der Waals surface area contributed by atoms with Gasteiger partial charge in [0.15, 0.2) is 0 Å². The lowest BCUT2D eigenvalue weighted by atomic mass is 10.2. The third-order valence-corrected chi connectivity index (χ3v) is 2.21. The molecule has 66 valence electrons. The average Bonchev–Trinajstić information content (AvgIpc) is 1.97. The van der Waals surface area contributed by atoms with E-state index < -0.39 is 0 Å². The Morgan fingerprint density at radius 2 is 2.27 bits per heavy atom. The summed E-state index contributed by atoms with van der Waals surface area (Å²) in [5.41, 5.74) is 0. The number of esters is 1. The molecule has 0 aromatic carbocycles. The van der Waals surface area contributed by atoms with Crippen LogP contribution in [0.5, 0.6) is 0 Å². The first-order valence-corrected chi connectivity index (χ1v) is 5.46. The van der Waals surface area contributed by atoms with E-state index in [9.17, 15) is 4.79 Å². The van der Waals surface area contributed by atoms with E-state index in [1.165, 1.54) is 6.92 Å². The molecule has 0 radical (unpaired) electrons. The van der Waals surface area contributed by atoms with Gasteiger partial charge in [-0.15, -0.1) is 0 Å². The maximum atomic E-state index is 10.6. The highest BCUT2D eigenvalue weighted by molar-refractivity contribution is 14.1. The second-order valence-corrected chi connectivity index (χ2v) is 3.55. The van der Waals surface area contributed by atoms with Crippen LogP contribution in [0.1, 0.15) is 33.1 Å². The van der Waals surface area contributed by atoms with Crippen LogP contribution in [-0.2, 0) is 9.53 Å². The van der Waals surface area contributed by atoms with E-state index in [1.54, 1.807) is 0 Å². The van der Waals surface area contributed by atoms with Gasteiger partial charge in [0.2, 0.25) is 0 Å². The molecule has 0 spiro atoms. The second-order valence-electron chi connectivity index (χ2n) is 2.47. The van der Waals surface area contributed by atoms with Gasteiger partial charge in [0, 0.05) is 6.92 Å². The normalized spacial score (nSPS) is 12.6. The van der Waals surface area contributed by atoms with Crippen LogP contribution in [0.25, 0.3) is 0 Å². The zero-order valence-corrected chi connectivity index (χ0v) is 9.26. The van der Waals surface area contributed by atoms with Crippen molar-refractivity contribution in [2.45, 2.75) is 39.2 Å². The molecule has 0 fully saturated rings. The summed E-state index contributed by atoms with van der Waals surface area (Å²) in [6.45, 7) is 3.51. The number of ether oxygens (including phenoxy) is 1. The van der Waals surface area contributed by atoms with Crippen molar-refractivity contribution in [2.24, 2.45) is 0 Å². The Hall–Kier alpha value is 0.200. The maximum absolute atomic E-state index is 10.6. The van der Waals surface area contributed by atoms with E-state index in [2.05, 4.69) is 22.6 Å². The summed E-state index contributed by atoms with van der Waals surface area (Å²) in [7, 11) is 0. The molecule has 1 atom stereocenters. The quantitative estimate of drug-likeness (QED) is 0.436. The van der Waals surface area contributed by atoms with Gasteiger partial charge in [0.05, 0.1) is 0 Å². The monoisotopic (exact) mass is 270 g/mol. The van der Waals surface area contributed by atoms with Crippen molar-refractivity contribution in [2.75, 3.05) is 4.43 Å². The predicted octanol–water partition coefficient (Wildman–Crippen LogP) is 2.54. The van der Waals surface area contributed by atoms with Crippen LogP contribution in [0.3, 0.4) is 0 Å². The van der Waals surface area contributed by atoms with E-state index in [0.717, 1.165) is 23.7 Å². The molecule has 0 aliphatic heterocycles. The van der Waals surface area contributed by atoms with Gasteiger partial charge in [-0.25, -0.2) is 0 Å². The zero-order valence-electron chi connectivity index (χ0n) is 7.10. The second kappa shape index (κ2) is 6.88. The molecule has 3 heteroatoms. The summed E-state index contributed by atoms with van der Waals surface area (Å²) >= 11 is 2.33. The molecule has 0 saturated carbocycles. The largest absolute Gasteiger partial charge is 0.463 e. The molecule has 0 saturated heterocycles. The fourth-order valence-electron chi connectivity index (χ4n) is 0.886. The SMILES string of the molecule is CCC(CCCI)OC(C)=O. The van der Waals surface area contributed by atoms with Gasteiger partial charge < -0.3 is 4.74 Å². The van der Waals surface area contributed by atoms with Gasteiger partial charge in [-0.05, 0) is 23.7 Å². The Morgan fingerprint density at radius 3 is 2.64 bits per heavy atom. The third-order valence-electron chi connectivity index (χ3n) is 1.45. The Kier molecular flexibility index (Phi) is 7.01. The number of carbonyl (C=O) groups is 1. The average molecular weight is 270 g/mol. The molecule has 0 aromatic heterocycles. The number of halogens is 1. The molecule has 0 N–H and O–H groups in total. The number of hydrogen-bond donors (Lipinski definition) is 0. The Labute approximate surface area is 81.8 Å². The predicted molar refractivity (Wildman–Crippen MR) is 54.0 cm³/mol. The Balaban J connectivity index is 3.49. The topological polar surface area (TPSA) is 26.3 Å². The highest BCUT2D eigenvalue weighted by atomic mass is 127. The highest BCUT2D eigenvalue weighted by Crippen LogP contribution is 2.08. The fourth-order valence-corrected chi connectivity index (χ4v) is 1.33. The van der Waals surface area contributed by atoms with Gasteiger partial charge in [0.25, 0.3) is 0 Å². The van der Waals surface area contributed by atoms with E-state index in [0.29, 0.717) is 0 Å². The summed E-state index contributed by atoms with van der Waals surface area (Å²) in [5, 5.41) is 0. The van der Waals surface area contributed by atoms with Crippen molar-refractivity contribution in [3.8, 4) is 0 Å². The van der Waals surface area contributed by atoms with Crippen LogP contribution in [0.15, 0.2) is 0 Å². The molecule has 0 bridgehead atoms. The smallest absolute Gasteiger partial charge is 0.302 e. The first-order valence-electron chi connectivity index (χ1n) is 3.93. The van der Waals surface area contributed by atoms with Crippen molar-refractivity contribution >= 4 is 28.6 Å². The fraction of sp³-hybridized carbons (Fsp3) is 0.875. The van der Waals surface area contributed by atoms with Crippen LogP contribution in [-0.4, -0.2) is 16.5 Å². The molecule has 2 nitrogen and oxygen atoms in total. The molecule has 0 rings (SSSR count). The van der Waals surface area contributed by atoms with E-state index >= 15 is 0 Å². The van der Waals surface area contributed by atoms with Crippen LogP contribution in [0.4, 0.5) is 0 Å². The zero-order chi connectivity index (χ0) is 8.69. The molecule has 1 unspecified atom stereocenters. The summed E-state index contributed by atoms with van der Waals surface area (Å²) < 4.78 is 6.19. The summed E-state index contributed by atoms with van der Waals surface area (Å²) in [5.74, 6) is -0.162. The third kappa shape index (κ3) is 6.59. The van der Waals surface area contributed by atoms with Gasteiger partial charge in [0.1, 0.15) is 6.10 Å². The minimum absolute atomic E-state index is 0.141. The number of hydrogen-bond acceptors (Lipinski definition) is 2. The van der Waals surface area contributed by atoms with Crippen molar-refractivity contribution in [1.29, 1.82) is 0 Å².